The highest BCUT2D eigenvalue weighted by molar-refractivity contribution is 7.26. The zero-order valence-electron chi connectivity index (χ0n) is 29.6. The molecule has 2 aliphatic rings. The van der Waals surface area contributed by atoms with Gasteiger partial charge in [-0.05, 0) is 79.9 Å². The minimum Gasteiger partial charge on any atom is -0.248 e. The maximum atomic E-state index is 5.36. The van der Waals surface area contributed by atoms with Gasteiger partial charge in [0.2, 0.25) is 0 Å². The highest BCUT2D eigenvalue weighted by Crippen LogP contribution is 2.63. The smallest absolute Gasteiger partial charge is 0.0730 e. The molecule has 0 unspecified atom stereocenters. The number of hydrogen-bond acceptors (Lipinski definition) is 2. The van der Waals surface area contributed by atoms with Crippen LogP contribution in [0.3, 0.4) is 0 Å². The number of rotatable bonds is 3. The van der Waals surface area contributed by atoms with Gasteiger partial charge in [-0.2, -0.15) is 0 Å². The van der Waals surface area contributed by atoms with Gasteiger partial charge in [-0.3, -0.25) is 0 Å². The van der Waals surface area contributed by atoms with Crippen LogP contribution < -0.4 is 0 Å². The van der Waals surface area contributed by atoms with E-state index in [1.54, 1.807) is 0 Å². The molecular weight excluding hydrogens is 659 g/mol. The van der Waals surface area contributed by atoms with Crippen LogP contribution in [-0.2, 0) is 10.8 Å². The van der Waals surface area contributed by atoms with E-state index in [4.69, 9.17) is 4.98 Å². The maximum absolute atomic E-state index is 5.36. The van der Waals surface area contributed by atoms with E-state index >= 15 is 0 Å². The molecule has 0 amide bonds. The van der Waals surface area contributed by atoms with E-state index < -0.39 is 5.41 Å². The summed E-state index contributed by atoms with van der Waals surface area (Å²) in [6.07, 6.45) is 0. The fraction of sp³-hybridized carbons (Fsp3) is 0.0784. The van der Waals surface area contributed by atoms with Crippen LogP contribution in [0, 0.1) is 0 Å². The Bertz CT molecular complexity index is 2810. The Morgan fingerprint density at radius 3 is 1.66 bits per heavy atom. The van der Waals surface area contributed by atoms with Crippen molar-refractivity contribution in [2.24, 2.45) is 0 Å². The maximum Gasteiger partial charge on any atom is 0.0730 e. The molecule has 2 aromatic heterocycles. The number of hydrogen-bond donors (Lipinski definition) is 0. The second kappa shape index (κ2) is 11.2. The van der Waals surface area contributed by atoms with Gasteiger partial charge in [-0.1, -0.05) is 166 Å². The molecule has 0 aliphatic heterocycles. The van der Waals surface area contributed by atoms with Gasteiger partial charge in [0, 0.05) is 36.7 Å². The van der Waals surface area contributed by atoms with E-state index in [2.05, 4.69) is 190 Å². The predicted molar refractivity (Wildman–Crippen MR) is 223 cm³/mol. The summed E-state index contributed by atoms with van der Waals surface area (Å²) in [7, 11) is 0. The van der Waals surface area contributed by atoms with Crippen LogP contribution in [0.15, 0.2) is 176 Å². The number of pyridine rings is 1. The first-order valence-corrected chi connectivity index (χ1v) is 19.3. The van der Waals surface area contributed by atoms with Gasteiger partial charge in [0.05, 0.1) is 16.8 Å². The van der Waals surface area contributed by atoms with Crippen LogP contribution in [-0.4, -0.2) is 4.98 Å². The molecule has 0 saturated heterocycles. The molecule has 250 valence electrons. The Morgan fingerprint density at radius 2 is 0.962 bits per heavy atom. The number of thiophene rings is 1. The normalized spacial score (nSPS) is 14.5. The molecule has 0 saturated carbocycles. The molecule has 0 N–H and O–H groups in total. The Balaban J connectivity index is 1.20. The molecule has 2 heterocycles. The first kappa shape index (κ1) is 30.5. The standard InChI is InChI=1S/C51H35NS/c1-50(2)42-26-13-14-27-43(42)51(40-24-11-9-20-35(40)36-21-10-12-25-41(36)51)45-31-48-39(30-44(45)50)37-22-15-23-38(49(37)53-48)47-29-34(32-16-5-3-6-17-32)28-46(52-47)33-18-7-4-8-19-33/h3-31H,1-2H3. The number of aromatic nitrogens is 1. The van der Waals surface area contributed by atoms with E-state index in [0.29, 0.717) is 0 Å². The van der Waals surface area contributed by atoms with Crippen molar-refractivity contribution < 1.29 is 0 Å². The van der Waals surface area contributed by atoms with Gasteiger partial charge in [0.25, 0.3) is 0 Å². The molecular formula is C51H35NS. The average molecular weight is 694 g/mol. The number of benzene rings is 7. The number of nitrogens with zero attached hydrogens (tertiary/aromatic N) is 1. The van der Waals surface area contributed by atoms with Crippen LogP contribution in [0.25, 0.3) is 64.9 Å². The van der Waals surface area contributed by atoms with Crippen molar-refractivity contribution in [1.82, 2.24) is 4.98 Å². The van der Waals surface area contributed by atoms with Crippen molar-refractivity contribution in [2.75, 3.05) is 0 Å². The predicted octanol–water partition coefficient (Wildman–Crippen LogP) is 13.5. The van der Waals surface area contributed by atoms with Crippen molar-refractivity contribution >= 4 is 31.5 Å². The number of fused-ring (bicyclic) bond motifs is 12. The summed E-state index contributed by atoms with van der Waals surface area (Å²) in [5, 5.41) is 2.60. The summed E-state index contributed by atoms with van der Waals surface area (Å²) in [5.41, 5.74) is 17.0. The van der Waals surface area contributed by atoms with E-state index in [9.17, 15) is 0 Å². The third kappa shape index (κ3) is 4.22. The second-order valence-electron chi connectivity index (χ2n) is 15.0. The lowest BCUT2D eigenvalue weighted by molar-refractivity contribution is 0.564. The second-order valence-corrected chi connectivity index (χ2v) is 16.1. The van der Waals surface area contributed by atoms with E-state index in [1.807, 2.05) is 11.3 Å². The van der Waals surface area contributed by atoms with Crippen LogP contribution in [0.4, 0.5) is 0 Å². The third-order valence-corrected chi connectivity index (χ3v) is 13.2. The highest BCUT2D eigenvalue weighted by atomic mass is 32.1. The largest absolute Gasteiger partial charge is 0.248 e. The molecule has 53 heavy (non-hydrogen) atoms. The summed E-state index contributed by atoms with van der Waals surface area (Å²) >= 11 is 1.91. The summed E-state index contributed by atoms with van der Waals surface area (Å²) in [4.78, 5) is 5.36. The summed E-state index contributed by atoms with van der Waals surface area (Å²) in [6, 6.07) is 65.0. The van der Waals surface area contributed by atoms with Gasteiger partial charge >= 0.3 is 0 Å². The van der Waals surface area contributed by atoms with E-state index in [1.165, 1.54) is 81.4 Å². The topological polar surface area (TPSA) is 12.9 Å². The molecule has 2 heteroatoms. The van der Waals surface area contributed by atoms with E-state index in [-0.39, 0.29) is 5.41 Å². The quantitative estimate of drug-likeness (QED) is 0.179. The Kier molecular flexibility index (Phi) is 6.45. The monoisotopic (exact) mass is 693 g/mol. The Hall–Kier alpha value is -6.09. The molecule has 2 aliphatic carbocycles. The summed E-state index contributed by atoms with van der Waals surface area (Å²) in [5.74, 6) is 0. The van der Waals surface area contributed by atoms with Gasteiger partial charge in [0.1, 0.15) is 0 Å². The zero-order valence-corrected chi connectivity index (χ0v) is 30.4. The summed E-state index contributed by atoms with van der Waals surface area (Å²) < 4.78 is 2.59. The fourth-order valence-electron chi connectivity index (χ4n) is 9.56. The van der Waals surface area contributed by atoms with E-state index in [0.717, 1.165) is 17.0 Å². The molecule has 7 aromatic carbocycles. The van der Waals surface area contributed by atoms with Crippen LogP contribution in [0.5, 0.6) is 0 Å². The molecule has 9 aromatic rings. The van der Waals surface area contributed by atoms with Crippen molar-refractivity contribution in [1.29, 1.82) is 0 Å². The average Bonchev–Trinajstić information content (AvgIpc) is 3.74. The van der Waals surface area contributed by atoms with Crippen molar-refractivity contribution in [3.63, 3.8) is 0 Å². The Labute approximate surface area is 313 Å². The lowest BCUT2D eigenvalue weighted by Crippen LogP contribution is -2.40. The van der Waals surface area contributed by atoms with Crippen molar-refractivity contribution in [3.8, 4) is 44.8 Å². The van der Waals surface area contributed by atoms with Crippen LogP contribution in [0.2, 0.25) is 0 Å². The molecule has 11 rings (SSSR count). The first-order chi connectivity index (χ1) is 26.0. The van der Waals surface area contributed by atoms with Gasteiger partial charge in [0.15, 0.2) is 0 Å². The zero-order chi connectivity index (χ0) is 35.3. The summed E-state index contributed by atoms with van der Waals surface area (Å²) in [6.45, 7) is 4.83. The van der Waals surface area contributed by atoms with Gasteiger partial charge in [-0.15, -0.1) is 11.3 Å². The molecule has 0 bridgehead atoms. The minimum atomic E-state index is -0.405. The molecule has 1 nitrogen and oxygen atoms in total. The van der Waals surface area contributed by atoms with Crippen molar-refractivity contribution in [3.05, 3.63) is 209 Å². The van der Waals surface area contributed by atoms with Crippen LogP contribution >= 0.6 is 11.3 Å². The first-order valence-electron chi connectivity index (χ1n) is 18.5. The SMILES string of the molecule is CC1(C)c2ccccc2C2(c3ccccc3-c3ccccc32)c2cc3sc4c(-c5cc(-c6ccccc6)cc(-c6ccccc6)n5)cccc4c3cc21. The van der Waals surface area contributed by atoms with Crippen molar-refractivity contribution in [2.45, 2.75) is 24.7 Å². The Morgan fingerprint density at radius 1 is 0.396 bits per heavy atom. The molecule has 0 fully saturated rings. The van der Waals surface area contributed by atoms with Crippen LogP contribution in [0.1, 0.15) is 47.2 Å². The third-order valence-electron chi connectivity index (χ3n) is 11.9. The molecule has 0 atom stereocenters. The lowest BCUT2D eigenvalue weighted by Gasteiger charge is -2.46. The molecule has 1 spiro atoms. The van der Waals surface area contributed by atoms with Gasteiger partial charge < -0.3 is 0 Å². The van der Waals surface area contributed by atoms with Gasteiger partial charge in [-0.25, -0.2) is 4.98 Å². The minimum absolute atomic E-state index is 0.195. The molecule has 0 radical (unpaired) electrons. The highest BCUT2D eigenvalue weighted by Gasteiger charge is 2.53. The fourth-order valence-corrected chi connectivity index (χ4v) is 10.8. The lowest BCUT2D eigenvalue weighted by atomic mass is 9.55.